The van der Waals surface area contributed by atoms with E-state index < -0.39 is 0 Å². The first-order chi connectivity index (χ1) is 8.35. The average Bonchev–Trinajstić information content (AvgIpc) is 2.28. The molecule has 18 heavy (non-hydrogen) atoms. The molecule has 1 unspecified atom stereocenters. The fourth-order valence-corrected chi connectivity index (χ4v) is 3.06. The van der Waals surface area contributed by atoms with E-state index in [9.17, 15) is 0 Å². The summed E-state index contributed by atoms with van der Waals surface area (Å²) in [7, 11) is 2.32. The molecule has 1 fully saturated rings. The van der Waals surface area contributed by atoms with Crippen molar-refractivity contribution >= 4 is 0 Å². The molecule has 0 heterocycles. The molecule has 1 rings (SSSR count). The van der Waals surface area contributed by atoms with Gasteiger partial charge in [0.05, 0.1) is 0 Å². The second kappa shape index (κ2) is 6.91. The minimum atomic E-state index is 0.580. The first-order valence-electron chi connectivity index (χ1n) is 7.79. The van der Waals surface area contributed by atoms with Gasteiger partial charge < -0.3 is 10.2 Å². The molecule has 0 aromatic rings. The lowest BCUT2D eigenvalue weighted by atomic mass is 9.75. The zero-order valence-electron chi connectivity index (χ0n) is 13.4. The number of rotatable bonds is 6. The molecule has 0 bridgehead atoms. The second-order valence-electron chi connectivity index (χ2n) is 7.24. The van der Waals surface area contributed by atoms with Gasteiger partial charge in [-0.15, -0.1) is 0 Å². The summed E-state index contributed by atoms with van der Waals surface area (Å²) in [6, 6.07) is 1.44. The molecule has 0 aliphatic heterocycles. The lowest BCUT2D eigenvalue weighted by Crippen LogP contribution is -2.47. The highest BCUT2D eigenvalue weighted by molar-refractivity contribution is 4.85. The van der Waals surface area contributed by atoms with E-state index in [1.165, 1.54) is 32.2 Å². The lowest BCUT2D eigenvalue weighted by molar-refractivity contribution is 0.113. The molecule has 0 spiro atoms. The van der Waals surface area contributed by atoms with Crippen LogP contribution in [0.1, 0.15) is 60.3 Å². The molecule has 2 heteroatoms. The summed E-state index contributed by atoms with van der Waals surface area (Å²) in [6.45, 7) is 14.0. The Morgan fingerprint density at radius 2 is 1.78 bits per heavy atom. The summed E-state index contributed by atoms with van der Waals surface area (Å²) < 4.78 is 0. The number of likely N-dealkylation sites (N-methyl/N-ethyl adjacent to an activating group) is 2. The molecule has 1 saturated carbocycles. The normalized spacial score (nSPS) is 22.7. The molecule has 0 amide bonds. The zero-order chi connectivity index (χ0) is 13.8. The van der Waals surface area contributed by atoms with Crippen molar-refractivity contribution < 1.29 is 0 Å². The summed E-state index contributed by atoms with van der Waals surface area (Å²) >= 11 is 0. The first kappa shape index (κ1) is 16.0. The average molecular weight is 254 g/mol. The third-order valence-corrected chi connectivity index (χ3v) is 4.69. The van der Waals surface area contributed by atoms with Crippen LogP contribution in [0.4, 0.5) is 0 Å². The molecular formula is C16H34N2. The minimum absolute atomic E-state index is 0.580. The van der Waals surface area contributed by atoms with Gasteiger partial charge in [-0.25, -0.2) is 0 Å². The third kappa shape index (κ3) is 4.89. The summed E-state index contributed by atoms with van der Waals surface area (Å²) in [5.74, 6) is 0.715. The number of nitrogens with zero attached hydrogens (tertiary/aromatic N) is 1. The van der Waals surface area contributed by atoms with Crippen LogP contribution in [-0.2, 0) is 0 Å². The Labute approximate surface area is 115 Å². The van der Waals surface area contributed by atoms with Crippen molar-refractivity contribution in [2.45, 2.75) is 72.4 Å². The predicted octanol–water partition coefficient (Wildman–Crippen LogP) is 3.52. The van der Waals surface area contributed by atoms with E-state index in [2.05, 4.69) is 51.9 Å². The molecule has 0 aromatic carbocycles. The maximum Gasteiger partial charge on any atom is 0.0217 e. The Kier molecular flexibility index (Phi) is 6.13. The molecular weight excluding hydrogens is 220 g/mol. The van der Waals surface area contributed by atoms with Gasteiger partial charge in [0, 0.05) is 18.6 Å². The van der Waals surface area contributed by atoms with Gasteiger partial charge in [-0.2, -0.15) is 0 Å². The molecule has 0 radical (unpaired) electrons. The van der Waals surface area contributed by atoms with E-state index in [1.807, 2.05) is 0 Å². The standard InChI is InChI=1S/C16H34N2/c1-7-17-15(13(2)3)12-18(6)14-8-10-16(4,5)11-9-14/h13-15,17H,7-12H2,1-6H3. The van der Waals surface area contributed by atoms with Crippen molar-refractivity contribution in [3.63, 3.8) is 0 Å². The molecule has 0 saturated heterocycles. The van der Waals surface area contributed by atoms with Crippen LogP contribution in [0.2, 0.25) is 0 Å². The number of hydrogen-bond acceptors (Lipinski definition) is 2. The SMILES string of the molecule is CCNC(CN(C)C1CCC(C)(C)CC1)C(C)C. The summed E-state index contributed by atoms with van der Waals surface area (Å²) in [4.78, 5) is 2.60. The van der Waals surface area contributed by atoms with Crippen molar-refractivity contribution in [3.05, 3.63) is 0 Å². The maximum atomic E-state index is 3.63. The van der Waals surface area contributed by atoms with Crippen molar-refractivity contribution in [2.75, 3.05) is 20.1 Å². The first-order valence-corrected chi connectivity index (χ1v) is 7.79. The van der Waals surface area contributed by atoms with Crippen LogP contribution in [0.25, 0.3) is 0 Å². The van der Waals surface area contributed by atoms with Gasteiger partial charge >= 0.3 is 0 Å². The van der Waals surface area contributed by atoms with Crippen molar-refractivity contribution in [1.29, 1.82) is 0 Å². The molecule has 1 aliphatic rings. The highest BCUT2D eigenvalue weighted by atomic mass is 15.2. The van der Waals surface area contributed by atoms with Crippen molar-refractivity contribution in [1.82, 2.24) is 10.2 Å². The highest BCUT2D eigenvalue weighted by Gasteiger charge is 2.29. The van der Waals surface area contributed by atoms with E-state index in [1.54, 1.807) is 0 Å². The topological polar surface area (TPSA) is 15.3 Å². The van der Waals surface area contributed by atoms with Gasteiger partial charge in [0.15, 0.2) is 0 Å². The van der Waals surface area contributed by atoms with Gasteiger partial charge in [-0.1, -0.05) is 34.6 Å². The Hall–Kier alpha value is -0.0800. The van der Waals surface area contributed by atoms with Gasteiger partial charge in [-0.05, 0) is 50.6 Å². The fourth-order valence-electron chi connectivity index (χ4n) is 3.06. The van der Waals surface area contributed by atoms with Crippen molar-refractivity contribution in [3.8, 4) is 0 Å². The fraction of sp³-hybridized carbons (Fsp3) is 1.00. The summed E-state index contributed by atoms with van der Waals surface area (Å²) in [5, 5.41) is 3.63. The van der Waals surface area contributed by atoms with Crippen LogP contribution in [0, 0.1) is 11.3 Å². The molecule has 108 valence electrons. The number of nitrogens with one attached hydrogen (secondary N) is 1. The Bertz CT molecular complexity index is 225. The van der Waals surface area contributed by atoms with Crippen LogP contribution in [0.15, 0.2) is 0 Å². The molecule has 1 N–H and O–H groups in total. The minimum Gasteiger partial charge on any atom is -0.313 e. The van der Waals surface area contributed by atoms with Gasteiger partial charge in [0.1, 0.15) is 0 Å². The van der Waals surface area contributed by atoms with Gasteiger partial charge in [0.2, 0.25) is 0 Å². The highest BCUT2D eigenvalue weighted by Crippen LogP contribution is 2.36. The summed E-state index contributed by atoms with van der Waals surface area (Å²) in [6.07, 6.45) is 5.52. The van der Waals surface area contributed by atoms with E-state index in [4.69, 9.17) is 0 Å². The maximum absolute atomic E-state index is 3.63. The molecule has 1 aliphatic carbocycles. The number of hydrogen-bond donors (Lipinski definition) is 1. The Morgan fingerprint density at radius 1 is 1.22 bits per heavy atom. The van der Waals surface area contributed by atoms with E-state index in [0.29, 0.717) is 17.4 Å². The monoisotopic (exact) mass is 254 g/mol. The second-order valence-corrected chi connectivity index (χ2v) is 7.24. The van der Waals surface area contributed by atoms with E-state index in [-0.39, 0.29) is 0 Å². The van der Waals surface area contributed by atoms with Crippen LogP contribution in [-0.4, -0.2) is 37.1 Å². The van der Waals surface area contributed by atoms with Crippen LogP contribution < -0.4 is 5.32 Å². The van der Waals surface area contributed by atoms with Crippen LogP contribution in [0.5, 0.6) is 0 Å². The Balaban J connectivity index is 2.42. The lowest BCUT2D eigenvalue weighted by Gasteiger charge is -2.40. The molecule has 1 atom stereocenters. The predicted molar refractivity (Wildman–Crippen MR) is 81.0 cm³/mol. The Morgan fingerprint density at radius 3 is 2.22 bits per heavy atom. The van der Waals surface area contributed by atoms with Crippen LogP contribution >= 0.6 is 0 Å². The third-order valence-electron chi connectivity index (χ3n) is 4.69. The summed E-state index contributed by atoms with van der Waals surface area (Å²) in [5.41, 5.74) is 0.580. The zero-order valence-corrected chi connectivity index (χ0v) is 13.4. The largest absolute Gasteiger partial charge is 0.313 e. The van der Waals surface area contributed by atoms with Crippen molar-refractivity contribution in [2.24, 2.45) is 11.3 Å². The van der Waals surface area contributed by atoms with E-state index in [0.717, 1.165) is 12.6 Å². The van der Waals surface area contributed by atoms with E-state index >= 15 is 0 Å². The van der Waals surface area contributed by atoms with Gasteiger partial charge in [-0.3, -0.25) is 0 Å². The van der Waals surface area contributed by atoms with Gasteiger partial charge in [0.25, 0.3) is 0 Å². The van der Waals surface area contributed by atoms with Crippen LogP contribution in [0.3, 0.4) is 0 Å². The smallest absolute Gasteiger partial charge is 0.0217 e. The molecule has 0 aromatic heterocycles. The quantitative estimate of drug-likeness (QED) is 0.780. The molecule has 2 nitrogen and oxygen atoms in total.